The number of rotatable bonds is 4. The minimum absolute atomic E-state index is 0.152. The molecule has 0 amide bonds. The number of nitrogen functional groups attached to an aromatic ring is 1. The summed E-state index contributed by atoms with van der Waals surface area (Å²) in [7, 11) is 1.77. The van der Waals surface area contributed by atoms with Crippen molar-refractivity contribution >= 4 is 11.8 Å². The predicted molar refractivity (Wildman–Crippen MR) is 66.9 cm³/mol. The standard InChI is InChI=1S/C11H13N7O/c1-3-8-15-9(19-17-8)6-18(2)11-14-5-7(4-12)10(13)16-11/h5H,3,6H2,1-2H3,(H2,13,14,16). The molecule has 0 aromatic carbocycles. The van der Waals surface area contributed by atoms with E-state index in [1.54, 1.807) is 11.9 Å². The second-order valence-electron chi connectivity index (χ2n) is 3.89. The lowest BCUT2D eigenvalue weighted by molar-refractivity contribution is 0.372. The van der Waals surface area contributed by atoms with Crippen LogP contribution in [-0.4, -0.2) is 27.2 Å². The van der Waals surface area contributed by atoms with Gasteiger partial charge in [0.25, 0.3) is 0 Å². The molecule has 8 heteroatoms. The van der Waals surface area contributed by atoms with Crippen molar-refractivity contribution in [3.63, 3.8) is 0 Å². The van der Waals surface area contributed by atoms with Crippen LogP contribution in [0.5, 0.6) is 0 Å². The Balaban J connectivity index is 2.13. The summed E-state index contributed by atoms with van der Waals surface area (Å²) in [4.78, 5) is 14.0. The molecule has 8 nitrogen and oxygen atoms in total. The topological polar surface area (TPSA) is 118 Å². The van der Waals surface area contributed by atoms with Gasteiger partial charge in [-0.25, -0.2) is 4.98 Å². The van der Waals surface area contributed by atoms with Crippen molar-refractivity contribution in [1.29, 1.82) is 5.26 Å². The fraction of sp³-hybridized carbons (Fsp3) is 0.364. The van der Waals surface area contributed by atoms with E-state index in [-0.39, 0.29) is 11.4 Å². The Kier molecular flexibility index (Phi) is 3.56. The van der Waals surface area contributed by atoms with E-state index in [1.165, 1.54) is 6.20 Å². The van der Waals surface area contributed by atoms with Gasteiger partial charge in [-0.3, -0.25) is 0 Å². The van der Waals surface area contributed by atoms with E-state index in [4.69, 9.17) is 15.5 Å². The van der Waals surface area contributed by atoms with E-state index in [0.29, 0.717) is 30.6 Å². The van der Waals surface area contributed by atoms with Crippen molar-refractivity contribution in [2.24, 2.45) is 0 Å². The van der Waals surface area contributed by atoms with Crippen molar-refractivity contribution in [2.45, 2.75) is 19.9 Å². The summed E-state index contributed by atoms with van der Waals surface area (Å²) in [6, 6.07) is 1.91. The molecule has 0 aliphatic carbocycles. The lowest BCUT2D eigenvalue weighted by Crippen LogP contribution is -2.20. The van der Waals surface area contributed by atoms with Gasteiger partial charge in [-0.1, -0.05) is 12.1 Å². The van der Waals surface area contributed by atoms with Crippen LogP contribution < -0.4 is 10.6 Å². The van der Waals surface area contributed by atoms with Crippen LogP contribution >= 0.6 is 0 Å². The first-order valence-electron chi connectivity index (χ1n) is 5.69. The molecule has 0 aliphatic heterocycles. The van der Waals surface area contributed by atoms with Crippen molar-refractivity contribution < 1.29 is 4.52 Å². The van der Waals surface area contributed by atoms with Crippen LogP contribution in [-0.2, 0) is 13.0 Å². The van der Waals surface area contributed by atoms with Gasteiger partial charge in [0.15, 0.2) is 5.82 Å². The van der Waals surface area contributed by atoms with Crippen molar-refractivity contribution in [1.82, 2.24) is 20.1 Å². The summed E-state index contributed by atoms with van der Waals surface area (Å²) in [6.07, 6.45) is 2.10. The predicted octanol–water partition coefficient (Wildman–Crippen LogP) is 0.512. The van der Waals surface area contributed by atoms with E-state index in [1.807, 2.05) is 13.0 Å². The number of hydrogen-bond donors (Lipinski definition) is 1. The van der Waals surface area contributed by atoms with Gasteiger partial charge in [-0.15, -0.1) is 0 Å². The van der Waals surface area contributed by atoms with Gasteiger partial charge in [-0.2, -0.15) is 15.2 Å². The van der Waals surface area contributed by atoms with Gasteiger partial charge in [0, 0.05) is 13.5 Å². The number of anilines is 2. The van der Waals surface area contributed by atoms with E-state index >= 15 is 0 Å². The smallest absolute Gasteiger partial charge is 0.246 e. The largest absolute Gasteiger partial charge is 0.382 e. The van der Waals surface area contributed by atoms with E-state index in [0.717, 1.165) is 0 Å². The second kappa shape index (κ2) is 5.30. The number of hydrogen-bond acceptors (Lipinski definition) is 8. The highest BCUT2D eigenvalue weighted by Gasteiger charge is 2.12. The molecule has 0 fully saturated rings. The summed E-state index contributed by atoms with van der Waals surface area (Å²) in [5.74, 6) is 1.68. The number of nitrogens with two attached hydrogens (primary N) is 1. The first kappa shape index (κ1) is 12.8. The number of nitrogens with zero attached hydrogens (tertiary/aromatic N) is 6. The third kappa shape index (κ3) is 2.77. The summed E-state index contributed by atoms with van der Waals surface area (Å²) in [5.41, 5.74) is 5.89. The molecule has 2 heterocycles. The van der Waals surface area contributed by atoms with Gasteiger partial charge in [0.05, 0.1) is 12.7 Å². The number of aryl methyl sites for hydroxylation is 1. The Morgan fingerprint density at radius 1 is 1.47 bits per heavy atom. The van der Waals surface area contributed by atoms with Crippen molar-refractivity contribution in [3.8, 4) is 6.07 Å². The van der Waals surface area contributed by atoms with Crippen molar-refractivity contribution in [3.05, 3.63) is 23.5 Å². The summed E-state index contributed by atoms with van der Waals surface area (Å²) in [5, 5.41) is 12.6. The monoisotopic (exact) mass is 259 g/mol. The highest BCUT2D eigenvalue weighted by Crippen LogP contribution is 2.13. The molecular formula is C11H13N7O. The fourth-order valence-electron chi connectivity index (χ4n) is 1.43. The number of nitriles is 1. The summed E-state index contributed by atoms with van der Waals surface area (Å²) < 4.78 is 5.08. The molecular weight excluding hydrogens is 246 g/mol. The molecule has 2 rings (SSSR count). The zero-order valence-electron chi connectivity index (χ0n) is 10.7. The zero-order valence-corrected chi connectivity index (χ0v) is 10.7. The first-order valence-corrected chi connectivity index (χ1v) is 5.69. The van der Waals surface area contributed by atoms with Crippen LogP contribution in [0.25, 0.3) is 0 Å². The molecule has 0 saturated heterocycles. The Hall–Kier alpha value is -2.69. The zero-order chi connectivity index (χ0) is 13.8. The van der Waals surface area contributed by atoms with Crippen LogP contribution in [0.2, 0.25) is 0 Å². The molecule has 0 radical (unpaired) electrons. The maximum Gasteiger partial charge on any atom is 0.246 e. The highest BCUT2D eigenvalue weighted by molar-refractivity contribution is 5.50. The summed E-state index contributed by atoms with van der Waals surface area (Å²) in [6.45, 7) is 2.32. The minimum atomic E-state index is 0.152. The molecule has 0 atom stereocenters. The minimum Gasteiger partial charge on any atom is -0.382 e. The molecule has 2 aromatic rings. The molecule has 2 N–H and O–H groups in total. The maximum absolute atomic E-state index is 8.76. The SMILES string of the molecule is CCc1noc(CN(C)c2ncc(C#N)c(N)n2)n1. The maximum atomic E-state index is 8.76. The second-order valence-corrected chi connectivity index (χ2v) is 3.89. The molecule has 0 saturated carbocycles. The Morgan fingerprint density at radius 2 is 2.26 bits per heavy atom. The average molecular weight is 259 g/mol. The average Bonchev–Trinajstić information content (AvgIpc) is 2.86. The summed E-state index contributed by atoms with van der Waals surface area (Å²) >= 11 is 0. The van der Waals surface area contributed by atoms with Crippen LogP contribution in [0.15, 0.2) is 10.7 Å². The molecule has 19 heavy (non-hydrogen) atoms. The lowest BCUT2D eigenvalue weighted by atomic mass is 10.3. The van der Waals surface area contributed by atoms with Gasteiger partial charge in [-0.05, 0) is 0 Å². The van der Waals surface area contributed by atoms with Gasteiger partial charge >= 0.3 is 0 Å². The third-order valence-corrected chi connectivity index (χ3v) is 2.47. The quantitative estimate of drug-likeness (QED) is 0.843. The van der Waals surface area contributed by atoms with E-state index in [2.05, 4.69) is 20.1 Å². The molecule has 98 valence electrons. The van der Waals surface area contributed by atoms with Gasteiger partial charge < -0.3 is 15.2 Å². The normalized spacial score (nSPS) is 10.2. The van der Waals surface area contributed by atoms with Crippen LogP contribution in [0, 0.1) is 11.3 Å². The Bertz CT molecular complexity index is 616. The van der Waals surface area contributed by atoms with Crippen molar-refractivity contribution in [2.75, 3.05) is 17.7 Å². The third-order valence-electron chi connectivity index (χ3n) is 2.47. The van der Waals surface area contributed by atoms with E-state index in [9.17, 15) is 0 Å². The van der Waals surface area contributed by atoms with Gasteiger partial charge in [0.2, 0.25) is 11.8 Å². The van der Waals surface area contributed by atoms with Gasteiger partial charge in [0.1, 0.15) is 17.5 Å². The molecule has 0 unspecified atom stereocenters. The molecule has 2 aromatic heterocycles. The Labute approximate surface area is 109 Å². The first-order chi connectivity index (χ1) is 9.13. The van der Waals surface area contributed by atoms with Crippen LogP contribution in [0.4, 0.5) is 11.8 Å². The highest BCUT2D eigenvalue weighted by atomic mass is 16.5. The molecule has 0 aliphatic rings. The lowest BCUT2D eigenvalue weighted by Gasteiger charge is -2.14. The van der Waals surface area contributed by atoms with E-state index < -0.39 is 0 Å². The fourth-order valence-corrected chi connectivity index (χ4v) is 1.43. The molecule has 0 spiro atoms. The Morgan fingerprint density at radius 3 is 2.84 bits per heavy atom. The number of aromatic nitrogens is 4. The van der Waals surface area contributed by atoms with Crippen LogP contribution in [0.3, 0.4) is 0 Å². The molecule has 0 bridgehead atoms. The van der Waals surface area contributed by atoms with Crippen LogP contribution in [0.1, 0.15) is 24.2 Å².